The number of halogens is 1. The number of carbonyl (C=O) groups excluding carboxylic acids is 1. The second-order valence-corrected chi connectivity index (χ2v) is 6.93. The van der Waals surface area contributed by atoms with Crippen molar-refractivity contribution in [2.45, 2.75) is 18.9 Å². The van der Waals surface area contributed by atoms with Gasteiger partial charge in [0, 0.05) is 11.7 Å². The van der Waals surface area contributed by atoms with Gasteiger partial charge in [0.25, 0.3) is 0 Å². The molecular formula is C12H16ClN3O3S. The van der Waals surface area contributed by atoms with Gasteiger partial charge in [-0.3, -0.25) is 9.52 Å². The van der Waals surface area contributed by atoms with E-state index in [0.29, 0.717) is 11.7 Å². The minimum Gasteiger partial charge on any atom is -0.325 e. The van der Waals surface area contributed by atoms with Crippen LogP contribution < -0.4 is 15.4 Å². The Morgan fingerprint density at radius 3 is 2.65 bits per heavy atom. The topological polar surface area (TPSA) is 87.3 Å². The average molecular weight is 318 g/mol. The van der Waals surface area contributed by atoms with E-state index < -0.39 is 10.0 Å². The molecule has 110 valence electrons. The molecule has 1 aliphatic rings. The maximum absolute atomic E-state index is 11.6. The van der Waals surface area contributed by atoms with Gasteiger partial charge in [-0.05, 0) is 31.0 Å². The number of rotatable bonds is 6. The van der Waals surface area contributed by atoms with Gasteiger partial charge >= 0.3 is 0 Å². The predicted molar refractivity (Wildman–Crippen MR) is 79.6 cm³/mol. The molecule has 0 aliphatic heterocycles. The summed E-state index contributed by atoms with van der Waals surface area (Å²) < 4.78 is 24.5. The fourth-order valence-electron chi connectivity index (χ4n) is 1.61. The standard InChI is InChI=1S/C12H16ClN3O3S/c1-20(18,19)16-11-5-4-9(6-10(11)13)15-12(17)7-14-8-2-3-8/h4-6,8,14,16H,2-3,7H2,1H3,(H,15,17). The molecule has 6 nitrogen and oxygen atoms in total. The number of nitrogens with one attached hydrogen (secondary N) is 3. The minimum atomic E-state index is -3.38. The van der Waals surface area contributed by atoms with Crippen LogP contribution in [-0.2, 0) is 14.8 Å². The van der Waals surface area contributed by atoms with Gasteiger partial charge in [0.2, 0.25) is 15.9 Å². The van der Waals surface area contributed by atoms with Crippen LogP contribution in [0.2, 0.25) is 5.02 Å². The first-order chi connectivity index (χ1) is 9.33. The summed E-state index contributed by atoms with van der Waals surface area (Å²) in [5.41, 5.74) is 0.805. The lowest BCUT2D eigenvalue weighted by molar-refractivity contribution is -0.115. The second-order valence-electron chi connectivity index (χ2n) is 4.77. The molecule has 1 fully saturated rings. The zero-order valence-corrected chi connectivity index (χ0v) is 12.5. The lowest BCUT2D eigenvalue weighted by Gasteiger charge is -2.10. The highest BCUT2D eigenvalue weighted by molar-refractivity contribution is 7.92. The molecule has 2 rings (SSSR count). The summed E-state index contributed by atoms with van der Waals surface area (Å²) in [6, 6.07) is 5.07. The Morgan fingerprint density at radius 2 is 2.10 bits per heavy atom. The van der Waals surface area contributed by atoms with E-state index in [-0.39, 0.29) is 23.2 Å². The van der Waals surface area contributed by atoms with E-state index in [1.165, 1.54) is 12.1 Å². The molecule has 1 aliphatic carbocycles. The largest absolute Gasteiger partial charge is 0.325 e. The number of hydrogen-bond acceptors (Lipinski definition) is 4. The third-order valence-electron chi connectivity index (χ3n) is 2.68. The van der Waals surface area contributed by atoms with Gasteiger partial charge < -0.3 is 10.6 Å². The first kappa shape index (κ1) is 15.1. The SMILES string of the molecule is CS(=O)(=O)Nc1ccc(NC(=O)CNC2CC2)cc1Cl. The van der Waals surface area contributed by atoms with Gasteiger partial charge in [-0.2, -0.15) is 0 Å². The zero-order chi connectivity index (χ0) is 14.8. The summed E-state index contributed by atoms with van der Waals surface area (Å²) in [6.45, 7) is 0.256. The van der Waals surface area contributed by atoms with Crippen LogP contribution in [0.15, 0.2) is 18.2 Å². The fraction of sp³-hybridized carbons (Fsp3) is 0.417. The van der Waals surface area contributed by atoms with Crippen molar-refractivity contribution in [3.05, 3.63) is 23.2 Å². The molecule has 0 bridgehead atoms. The zero-order valence-electron chi connectivity index (χ0n) is 10.9. The number of anilines is 2. The Morgan fingerprint density at radius 1 is 1.40 bits per heavy atom. The molecule has 1 saturated carbocycles. The molecule has 1 aromatic rings. The van der Waals surface area contributed by atoms with Gasteiger partial charge in [0.05, 0.1) is 23.5 Å². The Balaban J connectivity index is 1.95. The maximum Gasteiger partial charge on any atom is 0.238 e. The third kappa shape index (κ3) is 4.99. The lowest BCUT2D eigenvalue weighted by Crippen LogP contribution is -2.29. The van der Waals surface area contributed by atoms with Crippen LogP contribution in [0.1, 0.15) is 12.8 Å². The maximum atomic E-state index is 11.6. The smallest absolute Gasteiger partial charge is 0.238 e. The van der Waals surface area contributed by atoms with Gasteiger partial charge in [0.15, 0.2) is 0 Å². The highest BCUT2D eigenvalue weighted by Crippen LogP contribution is 2.26. The van der Waals surface area contributed by atoms with Crippen molar-refractivity contribution < 1.29 is 13.2 Å². The highest BCUT2D eigenvalue weighted by Gasteiger charge is 2.21. The summed E-state index contributed by atoms with van der Waals surface area (Å²) in [5, 5.41) is 6.02. The second kappa shape index (κ2) is 5.99. The van der Waals surface area contributed by atoms with Crippen LogP contribution in [0.5, 0.6) is 0 Å². The van der Waals surface area contributed by atoms with Crippen molar-refractivity contribution in [1.29, 1.82) is 0 Å². The molecule has 0 unspecified atom stereocenters. The predicted octanol–water partition coefficient (Wildman–Crippen LogP) is 1.40. The molecular weight excluding hydrogens is 302 g/mol. The van der Waals surface area contributed by atoms with Crippen molar-refractivity contribution in [2.24, 2.45) is 0 Å². The number of benzene rings is 1. The average Bonchev–Trinajstić information content (AvgIpc) is 3.12. The van der Waals surface area contributed by atoms with E-state index in [9.17, 15) is 13.2 Å². The van der Waals surface area contributed by atoms with Gasteiger partial charge in [-0.25, -0.2) is 8.42 Å². The van der Waals surface area contributed by atoms with Crippen LogP contribution in [0.25, 0.3) is 0 Å². The summed E-state index contributed by atoms with van der Waals surface area (Å²) in [4.78, 5) is 11.6. The first-order valence-corrected chi connectivity index (χ1v) is 8.41. The lowest BCUT2D eigenvalue weighted by atomic mass is 10.3. The summed E-state index contributed by atoms with van der Waals surface area (Å²) in [5.74, 6) is -0.156. The van der Waals surface area contributed by atoms with E-state index in [1.54, 1.807) is 6.07 Å². The quantitative estimate of drug-likeness (QED) is 0.740. The number of sulfonamides is 1. The minimum absolute atomic E-state index is 0.156. The molecule has 8 heteroatoms. The molecule has 0 spiro atoms. The normalized spacial score (nSPS) is 14.9. The van der Waals surface area contributed by atoms with Crippen LogP contribution >= 0.6 is 11.6 Å². The molecule has 0 radical (unpaired) electrons. The molecule has 1 amide bonds. The number of amides is 1. The van der Waals surface area contributed by atoms with E-state index in [0.717, 1.165) is 19.1 Å². The monoisotopic (exact) mass is 317 g/mol. The first-order valence-electron chi connectivity index (χ1n) is 6.14. The van der Waals surface area contributed by atoms with Crippen LogP contribution in [0.4, 0.5) is 11.4 Å². The fourth-order valence-corrected chi connectivity index (χ4v) is 2.47. The molecule has 0 saturated heterocycles. The molecule has 0 aromatic heterocycles. The Hall–Kier alpha value is -1.31. The van der Waals surface area contributed by atoms with Gasteiger partial charge in [-0.15, -0.1) is 0 Å². The van der Waals surface area contributed by atoms with Crippen molar-refractivity contribution in [1.82, 2.24) is 5.32 Å². The van der Waals surface area contributed by atoms with E-state index in [4.69, 9.17) is 11.6 Å². The van der Waals surface area contributed by atoms with Crippen molar-refractivity contribution in [2.75, 3.05) is 22.8 Å². The third-order valence-corrected chi connectivity index (χ3v) is 3.58. The molecule has 0 atom stereocenters. The van der Waals surface area contributed by atoms with Crippen LogP contribution in [0, 0.1) is 0 Å². The summed E-state index contributed by atoms with van der Waals surface area (Å²) in [7, 11) is -3.38. The number of carbonyl (C=O) groups is 1. The van der Waals surface area contributed by atoms with E-state index in [1.807, 2.05) is 0 Å². The van der Waals surface area contributed by atoms with Crippen molar-refractivity contribution in [3.63, 3.8) is 0 Å². The van der Waals surface area contributed by atoms with Gasteiger partial charge in [-0.1, -0.05) is 11.6 Å². The van der Waals surface area contributed by atoms with Gasteiger partial charge in [0.1, 0.15) is 0 Å². The summed E-state index contributed by atoms with van der Waals surface area (Å²) in [6.07, 6.45) is 3.28. The molecule has 3 N–H and O–H groups in total. The van der Waals surface area contributed by atoms with Crippen molar-refractivity contribution in [3.8, 4) is 0 Å². The highest BCUT2D eigenvalue weighted by atomic mass is 35.5. The van der Waals surface area contributed by atoms with Crippen LogP contribution in [0.3, 0.4) is 0 Å². The number of hydrogen-bond donors (Lipinski definition) is 3. The molecule has 20 heavy (non-hydrogen) atoms. The Labute approximate surface area is 122 Å². The summed E-state index contributed by atoms with van der Waals surface area (Å²) >= 11 is 5.96. The van der Waals surface area contributed by atoms with Crippen molar-refractivity contribution >= 4 is 38.9 Å². The Kier molecular flexibility index (Phi) is 4.52. The molecule has 1 aromatic carbocycles. The van der Waals surface area contributed by atoms with Crippen LogP contribution in [-0.4, -0.2) is 33.2 Å². The van der Waals surface area contributed by atoms with E-state index >= 15 is 0 Å². The Bertz CT molecular complexity index is 614. The van der Waals surface area contributed by atoms with E-state index in [2.05, 4.69) is 15.4 Å². The molecule has 0 heterocycles.